The Kier molecular flexibility index (Phi) is 4.18. The summed E-state index contributed by atoms with van der Waals surface area (Å²) in [5, 5.41) is 3.60. The minimum absolute atomic E-state index is 0.0521. The molecule has 0 aliphatic carbocycles. The number of aromatic amines is 1. The SMILES string of the molecule is O=C(NC1C=CS(=O)(=O)C1)c1ccc(C2=CCCOC2)[nH]c1=O. The Hall–Kier alpha value is -2.19. The van der Waals surface area contributed by atoms with E-state index in [4.69, 9.17) is 4.74 Å². The molecule has 122 valence electrons. The van der Waals surface area contributed by atoms with Crippen molar-refractivity contribution in [2.24, 2.45) is 0 Å². The fourth-order valence-corrected chi connectivity index (χ4v) is 3.73. The first-order valence-corrected chi connectivity index (χ1v) is 8.88. The molecule has 0 spiro atoms. The van der Waals surface area contributed by atoms with Crippen molar-refractivity contribution in [2.45, 2.75) is 12.5 Å². The second-order valence-corrected chi connectivity index (χ2v) is 7.35. The quantitative estimate of drug-likeness (QED) is 0.821. The van der Waals surface area contributed by atoms with E-state index < -0.39 is 27.3 Å². The Morgan fingerprint density at radius 2 is 2.17 bits per heavy atom. The Bertz CT molecular complexity index is 851. The predicted molar refractivity (Wildman–Crippen MR) is 84.7 cm³/mol. The second-order valence-electron chi connectivity index (χ2n) is 5.42. The molecule has 3 rings (SSSR count). The van der Waals surface area contributed by atoms with Gasteiger partial charge in [-0.2, -0.15) is 0 Å². The fourth-order valence-electron chi connectivity index (χ4n) is 2.50. The van der Waals surface area contributed by atoms with Gasteiger partial charge < -0.3 is 15.0 Å². The van der Waals surface area contributed by atoms with E-state index in [1.165, 1.54) is 12.1 Å². The van der Waals surface area contributed by atoms with Crippen LogP contribution in [-0.2, 0) is 14.6 Å². The minimum Gasteiger partial charge on any atom is -0.376 e. The van der Waals surface area contributed by atoms with Gasteiger partial charge in [0.25, 0.3) is 11.5 Å². The summed E-state index contributed by atoms with van der Waals surface area (Å²) in [4.78, 5) is 26.9. The van der Waals surface area contributed by atoms with Crippen LogP contribution in [0.25, 0.3) is 5.57 Å². The Morgan fingerprint density at radius 3 is 2.78 bits per heavy atom. The number of carbonyl (C=O) groups is 1. The first kappa shape index (κ1) is 15.7. The standard InChI is InChI=1S/C15H16N2O5S/c18-14(16-11-5-7-23(20,21)9-11)12-3-4-13(17-15(12)19)10-2-1-6-22-8-10/h2-5,7,11H,1,6,8-9H2,(H,16,18)(H,17,19). The summed E-state index contributed by atoms with van der Waals surface area (Å²) in [6, 6.07) is 2.48. The number of amides is 1. The summed E-state index contributed by atoms with van der Waals surface area (Å²) < 4.78 is 28.0. The number of pyridine rings is 1. The summed E-state index contributed by atoms with van der Waals surface area (Å²) in [7, 11) is -3.26. The molecule has 0 radical (unpaired) electrons. The molecule has 1 atom stereocenters. The molecular weight excluding hydrogens is 320 g/mol. The molecule has 2 N–H and O–H groups in total. The van der Waals surface area contributed by atoms with Crippen LogP contribution in [0.5, 0.6) is 0 Å². The van der Waals surface area contributed by atoms with Crippen LogP contribution in [0.1, 0.15) is 22.5 Å². The maximum atomic E-state index is 12.1. The molecule has 8 heteroatoms. The van der Waals surface area contributed by atoms with E-state index in [1.807, 2.05) is 6.08 Å². The minimum atomic E-state index is -3.26. The van der Waals surface area contributed by atoms with Crippen molar-refractivity contribution in [3.63, 3.8) is 0 Å². The third-order valence-electron chi connectivity index (χ3n) is 3.66. The molecule has 2 aliphatic rings. The number of rotatable bonds is 3. The topological polar surface area (TPSA) is 105 Å². The molecular formula is C15H16N2O5S. The number of aromatic nitrogens is 1. The number of H-pyrrole nitrogens is 1. The number of nitrogens with one attached hydrogen (secondary N) is 2. The normalized spacial score (nSPS) is 22.6. The zero-order valence-corrected chi connectivity index (χ0v) is 13.1. The first-order valence-electron chi connectivity index (χ1n) is 7.17. The molecule has 0 bridgehead atoms. The van der Waals surface area contributed by atoms with Crippen LogP contribution in [0.4, 0.5) is 0 Å². The van der Waals surface area contributed by atoms with Gasteiger partial charge in [0.05, 0.1) is 25.0 Å². The highest BCUT2D eigenvalue weighted by Crippen LogP contribution is 2.16. The molecule has 2 aliphatic heterocycles. The Morgan fingerprint density at radius 1 is 1.35 bits per heavy atom. The van der Waals surface area contributed by atoms with E-state index in [1.54, 1.807) is 6.07 Å². The van der Waals surface area contributed by atoms with Crippen molar-refractivity contribution in [2.75, 3.05) is 19.0 Å². The largest absolute Gasteiger partial charge is 0.376 e. The second kappa shape index (κ2) is 6.13. The molecule has 23 heavy (non-hydrogen) atoms. The van der Waals surface area contributed by atoms with Gasteiger partial charge in [-0.1, -0.05) is 6.08 Å². The number of hydrogen-bond acceptors (Lipinski definition) is 5. The van der Waals surface area contributed by atoms with Crippen molar-refractivity contribution >= 4 is 21.3 Å². The van der Waals surface area contributed by atoms with Crippen LogP contribution < -0.4 is 10.9 Å². The van der Waals surface area contributed by atoms with Gasteiger partial charge in [0.15, 0.2) is 9.84 Å². The highest BCUT2D eigenvalue weighted by Gasteiger charge is 2.24. The van der Waals surface area contributed by atoms with Gasteiger partial charge in [-0.05, 0) is 30.2 Å². The van der Waals surface area contributed by atoms with E-state index >= 15 is 0 Å². The van der Waals surface area contributed by atoms with E-state index in [-0.39, 0.29) is 11.3 Å². The van der Waals surface area contributed by atoms with E-state index in [9.17, 15) is 18.0 Å². The molecule has 0 aromatic carbocycles. The summed E-state index contributed by atoms with van der Waals surface area (Å²) in [6.45, 7) is 1.08. The number of hydrogen-bond donors (Lipinski definition) is 2. The van der Waals surface area contributed by atoms with Crippen LogP contribution in [0, 0.1) is 0 Å². The first-order chi connectivity index (χ1) is 10.9. The number of carbonyl (C=O) groups excluding carboxylic acids is 1. The summed E-state index contributed by atoms with van der Waals surface area (Å²) in [6.07, 6.45) is 4.17. The average molecular weight is 336 g/mol. The third-order valence-corrected chi connectivity index (χ3v) is 5.05. The van der Waals surface area contributed by atoms with Crippen molar-refractivity contribution in [3.05, 3.63) is 51.3 Å². The van der Waals surface area contributed by atoms with E-state index in [2.05, 4.69) is 10.3 Å². The molecule has 1 unspecified atom stereocenters. The lowest BCUT2D eigenvalue weighted by Gasteiger charge is -2.14. The maximum Gasteiger partial charge on any atom is 0.261 e. The Balaban J connectivity index is 1.76. The lowest BCUT2D eigenvalue weighted by atomic mass is 10.1. The van der Waals surface area contributed by atoms with Crippen molar-refractivity contribution < 1.29 is 17.9 Å². The highest BCUT2D eigenvalue weighted by molar-refractivity contribution is 7.94. The summed E-state index contributed by atoms with van der Waals surface area (Å²) in [5.41, 5.74) is 0.930. The van der Waals surface area contributed by atoms with E-state index in [0.717, 1.165) is 17.4 Å². The molecule has 0 saturated heterocycles. The van der Waals surface area contributed by atoms with Crippen LogP contribution in [0.15, 0.2) is 34.5 Å². The lowest BCUT2D eigenvalue weighted by Crippen LogP contribution is -2.38. The summed E-state index contributed by atoms with van der Waals surface area (Å²) >= 11 is 0. The van der Waals surface area contributed by atoms with Crippen molar-refractivity contribution in [1.82, 2.24) is 10.3 Å². The highest BCUT2D eigenvalue weighted by atomic mass is 32.2. The van der Waals surface area contributed by atoms with Crippen LogP contribution >= 0.6 is 0 Å². The zero-order chi connectivity index (χ0) is 16.4. The Labute approximate surface area is 133 Å². The molecule has 3 heterocycles. The number of ether oxygens (including phenoxy) is 1. The van der Waals surface area contributed by atoms with Gasteiger partial charge >= 0.3 is 0 Å². The molecule has 7 nitrogen and oxygen atoms in total. The molecule has 1 aromatic heterocycles. The molecule has 1 aromatic rings. The van der Waals surface area contributed by atoms with Gasteiger partial charge in [-0.3, -0.25) is 9.59 Å². The van der Waals surface area contributed by atoms with Crippen molar-refractivity contribution in [1.29, 1.82) is 0 Å². The van der Waals surface area contributed by atoms with Crippen LogP contribution in [-0.4, -0.2) is 44.3 Å². The third kappa shape index (κ3) is 3.59. The van der Waals surface area contributed by atoms with Crippen LogP contribution in [0.2, 0.25) is 0 Å². The van der Waals surface area contributed by atoms with Crippen molar-refractivity contribution in [3.8, 4) is 0 Å². The van der Waals surface area contributed by atoms with E-state index in [0.29, 0.717) is 18.9 Å². The molecule has 0 fully saturated rings. The molecule has 1 amide bonds. The van der Waals surface area contributed by atoms with Gasteiger partial charge in [0, 0.05) is 11.1 Å². The lowest BCUT2D eigenvalue weighted by molar-refractivity contribution is 0.0946. The maximum absolute atomic E-state index is 12.1. The number of sulfone groups is 1. The molecule has 0 saturated carbocycles. The van der Waals surface area contributed by atoms with Crippen LogP contribution in [0.3, 0.4) is 0 Å². The van der Waals surface area contributed by atoms with Gasteiger partial charge in [-0.25, -0.2) is 8.42 Å². The fraction of sp³-hybridized carbons (Fsp3) is 0.333. The monoisotopic (exact) mass is 336 g/mol. The average Bonchev–Trinajstić information content (AvgIpc) is 2.86. The zero-order valence-electron chi connectivity index (χ0n) is 12.2. The van der Waals surface area contributed by atoms with Gasteiger partial charge in [0.2, 0.25) is 0 Å². The van der Waals surface area contributed by atoms with Gasteiger partial charge in [-0.15, -0.1) is 0 Å². The predicted octanol–water partition coefficient (Wildman–Crippen LogP) is 0.219. The smallest absolute Gasteiger partial charge is 0.261 e. The van der Waals surface area contributed by atoms with Gasteiger partial charge in [0.1, 0.15) is 5.56 Å². The summed E-state index contributed by atoms with van der Waals surface area (Å²) in [5.74, 6) is -0.780.